The lowest BCUT2D eigenvalue weighted by Crippen LogP contribution is -2.30. The van der Waals surface area contributed by atoms with Crippen LogP contribution in [-0.2, 0) is 19.1 Å². The molecule has 0 aromatic heterocycles. The molecule has 0 bridgehead atoms. The van der Waals surface area contributed by atoms with Crippen LogP contribution >= 0.6 is 0 Å². The predicted octanol–water partition coefficient (Wildman–Crippen LogP) is -1.30. The summed E-state index contributed by atoms with van der Waals surface area (Å²) < 4.78 is 10.2. The molecule has 1 fully saturated rings. The first kappa shape index (κ1) is 14.0. The van der Waals surface area contributed by atoms with Crippen molar-refractivity contribution in [2.75, 3.05) is 13.7 Å². The maximum atomic E-state index is 11.4. The molecule has 2 N–H and O–H groups in total. The second-order valence-corrected chi connectivity index (χ2v) is 3.83. The lowest BCUT2D eigenvalue weighted by atomic mass is 9.96. The van der Waals surface area contributed by atoms with E-state index in [9.17, 15) is 9.59 Å². The van der Waals surface area contributed by atoms with Gasteiger partial charge in [0.25, 0.3) is 0 Å². The van der Waals surface area contributed by atoms with Crippen molar-refractivity contribution in [2.24, 2.45) is 0 Å². The third-order valence-corrected chi connectivity index (χ3v) is 2.53. The van der Waals surface area contributed by atoms with E-state index >= 15 is 0 Å². The van der Waals surface area contributed by atoms with E-state index in [1.165, 1.54) is 7.05 Å². The Kier molecular flexibility index (Phi) is 5.44. The lowest BCUT2D eigenvalue weighted by molar-refractivity contribution is -0.153. The van der Waals surface area contributed by atoms with Gasteiger partial charge in [-0.25, -0.2) is 0 Å². The first-order valence-electron chi connectivity index (χ1n) is 5.48. The molecule has 1 saturated heterocycles. The Balaban J connectivity index is 2.32. The van der Waals surface area contributed by atoms with Gasteiger partial charge in [-0.3, -0.25) is 9.59 Å². The summed E-state index contributed by atoms with van der Waals surface area (Å²) in [6.07, 6.45) is -0.666. The summed E-state index contributed by atoms with van der Waals surface area (Å²) in [6, 6.07) is -0.524. The van der Waals surface area contributed by atoms with E-state index in [4.69, 9.17) is 22.4 Å². The first-order valence-corrected chi connectivity index (χ1v) is 5.48. The molecule has 0 saturated carbocycles. The average Bonchev–Trinajstić information content (AvgIpc) is 2.66. The van der Waals surface area contributed by atoms with Crippen LogP contribution in [0.2, 0.25) is 0 Å². The number of aliphatic hydroxyl groups excluding tert-OH is 1. The van der Waals surface area contributed by atoms with Crippen LogP contribution in [0.5, 0.6) is 0 Å². The van der Waals surface area contributed by atoms with Crippen molar-refractivity contribution < 1.29 is 24.2 Å². The van der Waals surface area contributed by atoms with E-state index in [1.54, 1.807) is 0 Å². The van der Waals surface area contributed by atoms with Crippen molar-refractivity contribution >= 4 is 19.7 Å². The number of rotatable bonds is 5. The lowest BCUT2D eigenvalue weighted by Gasteiger charge is -2.16. The number of ether oxygens (including phenoxy) is 2. The Bertz CT molecular complexity index is 286. The fraction of sp³-hybridized carbons (Fsp3) is 0.800. The van der Waals surface area contributed by atoms with Crippen LogP contribution in [0.4, 0.5) is 0 Å². The number of esters is 1. The van der Waals surface area contributed by atoms with Crippen LogP contribution in [0.15, 0.2) is 0 Å². The van der Waals surface area contributed by atoms with Gasteiger partial charge in [0.05, 0.1) is 13.0 Å². The van der Waals surface area contributed by atoms with E-state index in [1.807, 2.05) is 0 Å². The molecule has 17 heavy (non-hydrogen) atoms. The molecular formula is C10H16BNO5. The van der Waals surface area contributed by atoms with Gasteiger partial charge in [-0.05, 0) is 0 Å². The molecule has 0 aromatic carbocycles. The summed E-state index contributed by atoms with van der Waals surface area (Å²) in [6.45, 7) is -0.249. The minimum Gasteiger partial charge on any atom is -0.459 e. The van der Waals surface area contributed by atoms with Crippen molar-refractivity contribution in [2.45, 2.75) is 37.5 Å². The Morgan fingerprint density at radius 2 is 2.24 bits per heavy atom. The number of carbonyl (C=O) groups is 2. The minimum absolute atomic E-state index is 0.00353. The van der Waals surface area contributed by atoms with E-state index in [0.29, 0.717) is 6.42 Å². The van der Waals surface area contributed by atoms with Crippen molar-refractivity contribution in [1.29, 1.82) is 0 Å². The standard InChI is InChI=1S/C10H16BNO5/c1-12-9(14)2-3-10(15)17-6-4-8(11)16-7(6)5-13/h6-8,13H,2-5H2,1H3,(H,12,14)/t6?,7-,8-/m1/s1. The highest BCUT2D eigenvalue weighted by atomic mass is 16.6. The van der Waals surface area contributed by atoms with Crippen molar-refractivity contribution in [1.82, 2.24) is 5.32 Å². The number of nitrogens with one attached hydrogen (secondary N) is 1. The average molecular weight is 241 g/mol. The molecule has 0 aliphatic carbocycles. The third kappa shape index (κ3) is 4.36. The van der Waals surface area contributed by atoms with Crippen molar-refractivity contribution in [3.05, 3.63) is 0 Å². The molecule has 1 rings (SSSR count). The molecule has 2 radical (unpaired) electrons. The monoisotopic (exact) mass is 241 g/mol. The van der Waals surface area contributed by atoms with Crippen LogP contribution in [0, 0.1) is 0 Å². The zero-order valence-corrected chi connectivity index (χ0v) is 9.72. The second-order valence-electron chi connectivity index (χ2n) is 3.83. The Labute approximate surface area is 101 Å². The Hall–Kier alpha value is -1.08. The molecule has 1 aliphatic heterocycles. The number of hydrogen-bond donors (Lipinski definition) is 2. The molecule has 94 valence electrons. The van der Waals surface area contributed by atoms with Gasteiger partial charge in [-0.2, -0.15) is 0 Å². The van der Waals surface area contributed by atoms with Crippen LogP contribution < -0.4 is 5.32 Å². The van der Waals surface area contributed by atoms with Crippen LogP contribution in [0.3, 0.4) is 0 Å². The van der Waals surface area contributed by atoms with E-state index in [-0.39, 0.29) is 25.4 Å². The number of carbonyl (C=O) groups excluding carboxylic acids is 2. The van der Waals surface area contributed by atoms with Gasteiger partial charge in [-0.15, -0.1) is 0 Å². The summed E-state index contributed by atoms with van der Waals surface area (Å²) in [5, 5.41) is 11.4. The largest absolute Gasteiger partial charge is 0.459 e. The fourth-order valence-corrected chi connectivity index (χ4v) is 1.60. The number of hydrogen-bond acceptors (Lipinski definition) is 5. The number of amides is 1. The fourth-order valence-electron chi connectivity index (χ4n) is 1.60. The Morgan fingerprint density at radius 3 is 2.82 bits per heavy atom. The predicted molar refractivity (Wildman–Crippen MR) is 59.3 cm³/mol. The van der Waals surface area contributed by atoms with Crippen LogP contribution in [-0.4, -0.2) is 56.7 Å². The molecule has 0 aromatic rings. The molecule has 0 spiro atoms. The van der Waals surface area contributed by atoms with Gasteiger partial charge in [0, 0.05) is 25.9 Å². The molecule has 1 unspecified atom stereocenters. The molecule has 1 aliphatic rings. The molecular weight excluding hydrogens is 225 g/mol. The van der Waals surface area contributed by atoms with Gasteiger partial charge < -0.3 is 19.9 Å². The Morgan fingerprint density at radius 1 is 1.53 bits per heavy atom. The number of aliphatic hydroxyl groups is 1. The summed E-state index contributed by atoms with van der Waals surface area (Å²) in [4.78, 5) is 22.3. The summed E-state index contributed by atoms with van der Waals surface area (Å²) in [5.74, 6) is -0.713. The zero-order valence-electron chi connectivity index (χ0n) is 9.72. The summed E-state index contributed by atoms with van der Waals surface area (Å²) in [7, 11) is 7.02. The van der Waals surface area contributed by atoms with Crippen LogP contribution in [0.1, 0.15) is 19.3 Å². The molecule has 1 amide bonds. The normalized spacial score (nSPS) is 27.8. The molecule has 1 heterocycles. The van der Waals surface area contributed by atoms with Gasteiger partial charge in [0.2, 0.25) is 5.91 Å². The summed E-state index contributed by atoms with van der Waals surface area (Å²) in [5.41, 5.74) is 0. The first-order chi connectivity index (χ1) is 8.06. The minimum atomic E-state index is -0.575. The molecule has 7 heteroatoms. The molecule has 6 nitrogen and oxygen atoms in total. The van der Waals surface area contributed by atoms with Crippen molar-refractivity contribution in [3.63, 3.8) is 0 Å². The smallest absolute Gasteiger partial charge is 0.306 e. The topological polar surface area (TPSA) is 84.9 Å². The van der Waals surface area contributed by atoms with Gasteiger partial charge >= 0.3 is 5.97 Å². The van der Waals surface area contributed by atoms with Gasteiger partial charge in [-0.1, -0.05) is 0 Å². The SMILES string of the molecule is [B][C@H]1CC(OC(=O)CCC(=O)NC)[C@@H](CO)O1. The van der Waals surface area contributed by atoms with Crippen LogP contribution in [0.25, 0.3) is 0 Å². The quantitative estimate of drug-likeness (QED) is 0.461. The molecule has 3 atom stereocenters. The highest BCUT2D eigenvalue weighted by molar-refractivity contribution is 6.11. The van der Waals surface area contributed by atoms with E-state index < -0.39 is 24.2 Å². The maximum absolute atomic E-state index is 11.4. The van der Waals surface area contributed by atoms with Crippen molar-refractivity contribution in [3.8, 4) is 0 Å². The maximum Gasteiger partial charge on any atom is 0.306 e. The second kappa shape index (κ2) is 6.61. The van der Waals surface area contributed by atoms with Gasteiger partial charge in [0.15, 0.2) is 0 Å². The summed E-state index contributed by atoms with van der Waals surface area (Å²) >= 11 is 0. The highest BCUT2D eigenvalue weighted by Gasteiger charge is 2.34. The zero-order chi connectivity index (χ0) is 12.8. The van der Waals surface area contributed by atoms with E-state index in [0.717, 1.165) is 0 Å². The van der Waals surface area contributed by atoms with Gasteiger partial charge in [0.1, 0.15) is 20.1 Å². The van der Waals surface area contributed by atoms with E-state index in [2.05, 4.69) is 5.32 Å². The highest BCUT2D eigenvalue weighted by Crippen LogP contribution is 2.21. The third-order valence-electron chi connectivity index (χ3n) is 2.53.